The molecular formula is C29H32N2O6. The monoisotopic (exact) mass is 504 g/mol. The molecule has 1 unspecified atom stereocenters. The summed E-state index contributed by atoms with van der Waals surface area (Å²) in [6.45, 7) is 3.32. The highest BCUT2D eigenvalue weighted by molar-refractivity contribution is 6.27. The molecule has 1 saturated heterocycles. The van der Waals surface area contributed by atoms with Gasteiger partial charge in [0.15, 0.2) is 0 Å². The first kappa shape index (κ1) is 27.4. The van der Waals surface area contributed by atoms with Gasteiger partial charge in [-0.25, -0.2) is 9.59 Å². The maximum Gasteiger partial charge on any atom is 0.414 e. The number of rotatable bonds is 7. The molecule has 37 heavy (non-hydrogen) atoms. The molecule has 1 atom stereocenters. The molecule has 0 saturated carbocycles. The molecule has 1 aliphatic heterocycles. The van der Waals surface area contributed by atoms with Crippen LogP contribution in [0.25, 0.3) is 0 Å². The Hall–Kier alpha value is -4.17. The zero-order valence-electron chi connectivity index (χ0n) is 20.8. The number of ether oxygens (including phenoxy) is 1. The van der Waals surface area contributed by atoms with Crippen molar-refractivity contribution in [3.8, 4) is 11.5 Å². The van der Waals surface area contributed by atoms with Gasteiger partial charge >= 0.3 is 11.9 Å². The maximum atomic E-state index is 13.0. The summed E-state index contributed by atoms with van der Waals surface area (Å²) >= 11 is 0. The first-order chi connectivity index (χ1) is 17.8. The number of carbonyl (C=O) groups is 3. The Bertz CT molecular complexity index is 1160. The lowest BCUT2D eigenvalue weighted by Crippen LogP contribution is -2.43. The molecule has 1 heterocycles. The molecule has 3 aromatic rings. The molecule has 2 N–H and O–H groups in total. The van der Waals surface area contributed by atoms with Gasteiger partial charge in [0.25, 0.3) is 0 Å². The van der Waals surface area contributed by atoms with E-state index >= 15 is 0 Å². The standard InChI is InChI=1S/C27H30N2O2.C2H2O4/c1-28(19-22-10-4-2-5-11-22)27(30)24-13-9-17-29(21-24)20-23-12-8-16-26(18-23)31-25-14-6-3-7-15-25;3-1(4)2(5)6/h2-8,10-12,14-16,18,24H,9,13,17,19-21H2,1H3;(H,3,4)(H,5,6). The van der Waals surface area contributed by atoms with E-state index in [9.17, 15) is 4.79 Å². The SMILES string of the molecule is CN(Cc1ccccc1)C(=O)C1CCCN(Cc2cccc(Oc3ccccc3)c2)C1.O=C(O)C(=O)O. The van der Waals surface area contributed by atoms with Gasteiger partial charge in [-0.05, 0) is 54.8 Å². The van der Waals surface area contributed by atoms with E-state index in [2.05, 4.69) is 29.2 Å². The first-order valence-electron chi connectivity index (χ1n) is 12.1. The zero-order valence-corrected chi connectivity index (χ0v) is 20.8. The van der Waals surface area contributed by atoms with Crippen LogP contribution >= 0.6 is 0 Å². The quantitative estimate of drug-likeness (QED) is 0.456. The van der Waals surface area contributed by atoms with Crippen LogP contribution in [0.15, 0.2) is 84.9 Å². The summed E-state index contributed by atoms with van der Waals surface area (Å²) in [5.74, 6) is -1.66. The van der Waals surface area contributed by atoms with Crippen LogP contribution in [-0.2, 0) is 27.5 Å². The van der Waals surface area contributed by atoms with Crippen molar-refractivity contribution < 1.29 is 29.3 Å². The fourth-order valence-electron chi connectivity index (χ4n) is 4.24. The smallest absolute Gasteiger partial charge is 0.414 e. The van der Waals surface area contributed by atoms with Crippen LogP contribution in [0.3, 0.4) is 0 Å². The lowest BCUT2D eigenvalue weighted by Gasteiger charge is -2.34. The molecule has 8 nitrogen and oxygen atoms in total. The minimum Gasteiger partial charge on any atom is -0.473 e. The Labute approximate surface area is 216 Å². The Kier molecular flexibility index (Phi) is 10.2. The lowest BCUT2D eigenvalue weighted by atomic mass is 9.96. The van der Waals surface area contributed by atoms with Crippen LogP contribution in [0.1, 0.15) is 24.0 Å². The third kappa shape index (κ3) is 9.09. The molecule has 0 radical (unpaired) electrons. The molecule has 4 rings (SSSR count). The number of para-hydroxylation sites is 1. The van der Waals surface area contributed by atoms with Crippen LogP contribution in [0.2, 0.25) is 0 Å². The van der Waals surface area contributed by atoms with Crippen LogP contribution < -0.4 is 4.74 Å². The Morgan fingerprint density at radius 3 is 2.11 bits per heavy atom. The molecule has 194 valence electrons. The number of piperidine rings is 1. The number of carboxylic acid groups (broad SMARTS) is 2. The highest BCUT2D eigenvalue weighted by Crippen LogP contribution is 2.25. The van der Waals surface area contributed by atoms with Gasteiger partial charge in [-0.15, -0.1) is 0 Å². The summed E-state index contributed by atoms with van der Waals surface area (Å²) in [7, 11) is 1.92. The normalized spacial score (nSPS) is 15.1. The van der Waals surface area contributed by atoms with Crippen LogP contribution in [0, 0.1) is 5.92 Å². The van der Waals surface area contributed by atoms with Gasteiger partial charge in [0.2, 0.25) is 5.91 Å². The average molecular weight is 505 g/mol. The van der Waals surface area contributed by atoms with E-state index in [4.69, 9.17) is 24.5 Å². The zero-order chi connectivity index (χ0) is 26.6. The molecule has 3 aromatic carbocycles. The lowest BCUT2D eigenvalue weighted by molar-refractivity contribution is -0.159. The van der Waals surface area contributed by atoms with Crippen molar-refractivity contribution in [2.45, 2.75) is 25.9 Å². The molecule has 1 fully saturated rings. The van der Waals surface area contributed by atoms with Gasteiger partial charge in [0.1, 0.15) is 11.5 Å². The van der Waals surface area contributed by atoms with Crippen molar-refractivity contribution in [2.75, 3.05) is 20.1 Å². The largest absolute Gasteiger partial charge is 0.473 e. The highest BCUT2D eigenvalue weighted by atomic mass is 16.5. The number of likely N-dealkylation sites (tertiary alicyclic amines) is 1. The van der Waals surface area contributed by atoms with Crippen molar-refractivity contribution in [2.24, 2.45) is 5.92 Å². The predicted octanol–water partition coefficient (Wildman–Crippen LogP) is 4.51. The fourth-order valence-corrected chi connectivity index (χ4v) is 4.24. The second-order valence-electron chi connectivity index (χ2n) is 8.93. The summed E-state index contributed by atoms with van der Waals surface area (Å²) in [6, 6.07) is 28.3. The average Bonchev–Trinajstić information content (AvgIpc) is 2.90. The van der Waals surface area contributed by atoms with E-state index in [1.165, 1.54) is 11.1 Å². The number of benzene rings is 3. The van der Waals surface area contributed by atoms with Gasteiger partial charge in [0.05, 0.1) is 5.92 Å². The van der Waals surface area contributed by atoms with Gasteiger partial charge in [-0.1, -0.05) is 60.7 Å². The number of carboxylic acids is 2. The van der Waals surface area contributed by atoms with Crippen molar-refractivity contribution >= 4 is 17.8 Å². The van der Waals surface area contributed by atoms with E-state index in [1.54, 1.807) is 0 Å². The number of nitrogens with zero attached hydrogens (tertiary/aromatic N) is 2. The molecule has 0 spiro atoms. The maximum absolute atomic E-state index is 13.0. The third-order valence-electron chi connectivity index (χ3n) is 5.96. The summed E-state index contributed by atoms with van der Waals surface area (Å²) < 4.78 is 5.98. The third-order valence-corrected chi connectivity index (χ3v) is 5.96. The first-order valence-corrected chi connectivity index (χ1v) is 12.1. The van der Waals surface area contributed by atoms with Crippen molar-refractivity contribution in [1.29, 1.82) is 0 Å². The van der Waals surface area contributed by atoms with Gasteiger partial charge < -0.3 is 19.8 Å². The summed E-state index contributed by atoms with van der Waals surface area (Å²) in [4.78, 5) is 35.5. The second kappa shape index (κ2) is 13.8. The molecule has 0 bridgehead atoms. The molecule has 0 aliphatic carbocycles. The van der Waals surface area contributed by atoms with Crippen LogP contribution in [0.5, 0.6) is 11.5 Å². The predicted molar refractivity (Wildman–Crippen MR) is 139 cm³/mol. The van der Waals surface area contributed by atoms with E-state index in [0.717, 1.165) is 44.0 Å². The minimum absolute atomic E-state index is 0.0613. The Morgan fingerprint density at radius 2 is 1.46 bits per heavy atom. The number of amides is 1. The highest BCUT2D eigenvalue weighted by Gasteiger charge is 2.28. The number of aliphatic carboxylic acids is 2. The van der Waals surface area contributed by atoms with E-state index in [-0.39, 0.29) is 11.8 Å². The Balaban J connectivity index is 0.000000568. The van der Waals surface area contributed by atoms with E-state index in [0.29, 0.717) is 6.54 Å². The molecule has 8 heteroatoms. The van der Waals surface area contributed by atoms with Crippen LogP contribution in [0.4, 0.5) is 0 Å². The van der Waals surface area contributed by atoms with E-state index < -0.39 is 11.9 Å². The topological polar surface area (TPSA) is 107 Å². The minimum atomic E-state index is -1.82. The van der Waals surface area contributed by atoms with Crippen LogP contribution in [-0.4, -0.2) is 58.0 Å². The van der Waals surface area contributed by atoms with Crippen molar-refractivity contribution in [1.82, 2.24) is 9.80 Å². The number of carbonyl (C=O) groups excluding carboxylic acids is 1. The summed E-state index contributed by atoms with van der Waals surface area (Å²) in [6.07, 6.45) is 2.02. The van der Waals surface area contributed by atoms with Gasteiger partial charge in [0, 0.05) is 26.7 Å². The fraction of sp³-hybridized carbons (Fsp3) is 0.276. The molecular weight excluding hydrogens is 472 g/mol. The molecule has 1 aliphatic rings. The summed E-state index contributed by atoms with van der Waals surface area (Å²) in [5.41, 5.74) is 2.38. The van der Waals surface area contributed by atoms with Crippen molar-refractivity contribution in [3.05, 3.63) is 96.1 Å². The van der Waals surface area contributed by atoms with E-state index in [1.807, 2.05) is 72.6 Å². The number of hydrogen-bond acceptors (Lipinski definition) is 5. The van der Waals surface area contributed by atoms with Gasteiger partial charge in [-0.3, -0.25) is 9.69 Å². The molecule has 0 aromatic heterocycles. The molecule has 1 amide bonds. The Morgan fingerprint density at radius 1 is 0.865 bits per heavy atom. The summed E-state index contributed by atoms with van der Waals surface area (Å²) in [5, 5.41) is 14.8. The number of hydrogen-bond donors (Lipinski definition) is 2. The van der Waals surface area contributed by atoms with Gasteiger partial charge in [-0.2, -0.15) is 0 Å². The second-order valence-corrected chi connectivity index (χ2v) is 8.93. The van der Waals surface area contributed by atoms with Crippen molar-refractivity contribution in [3.63, 3.8) is 0 Å².